The molecule has 4 rings (SSSR count). The van der Waals surface area contributed by atoms with Crippen molar-refractivity contribution in [3.63, 3.8) is 0 Å². The fourth-order valence-corrected chi connectivity index (χ4v) is 2.92. The van der Waals surface area contributed by atoms with Gasteiger partial charge in [-0.1, -0.05) is 20.8 Å². The molecule has 0 radical (unpaired) electrons. The molecule has 0 fully saturated rings. The Kier molecular flexibility index (Phi) is 2.51. The fourth-order valence-electron chi connectivity index (χ4n) is 2.92. The minimum absolute atomic E-state index is 0.00643. The Balaban J connectivity index is 1.83. The molecule has 0 spiro atoms. The standard InChI is InChI=1S/C22H22N2O/c1-14-5-7-17-18-12-16(6-8-20(18)25-21(17)24-14)19-11-15(9-10-23-19)13-22(2,3)4/h5-12H,13H2,1-4H3/i1D3,13D2. The molecule has 3 nitrogen and oxygen atoms in total. The summed E-state index contributed by atoms with van der Waals surface area (Å²) in [4.78, 5) is 8.60. The number of aryl methyl sites for hydroxylation is 1. The number of hydrogen-bond acceptors (Lipinski definition) is 3. The maximum atomic E-state index is 8.53. The summed E-state index contributed by atoms with van der Waals surface area (Å²) in [5.74, 6) is 0. The van der Waals surface area contributed by atoms with Gasteiger partial charge in [0.15, 0.2) is 0 Å². The highest BCUT2D eigenvalue weighted by atomic mass is 16.3. The van der Waals surface area contributed by atoms with Crippen LogP contribution in [0.4, 0.5) is 0 Å². The second-order valence-corrected chi connectivity index (χ2v) is 7.17. The van der Waals surface area contributed by atoms with Crippen molar-refractivity contribution in [1.82, 2.24) is 9.97 Å². The van der Waals surface area contributed by atoms with Crippen molar-refractivity contribution < 1.29 is 11.3 Å². The van der Waals surface area contributed by atoms with Crippen LogP contribution in [0.15, 0.2) is 53.1 Å². The molecule has 3 aromatic heterocycles. The molecule has 4 aromatic rings. The SMILES string of the molecule is [2H]C([2H])([2H])c1ccc2c(n1)oc1ccc(-c3cc(C([2H])([2H])C(C)(C)C)ccn3)cc12. The lowest BCUT2D eigenvalue weighted by molar-refractivity contribution is 0.411. The molecule has 0 unspecified atom stereocenters. The van der Waals surface area contributed by atoms with E-state index in [0.29, 0.717) is 16.8 Å². The molecule has 0 bridgehead atoms. The number of nitrogens with zero attached hydrogens (tertiary/aromatic N) is 2. The van der Waals surface area contributed by atoms with Crippen LogP contribution in [0, 0.1) is 12.3 Å². The summed E-state index contributed by atoms with van der Waals surface area (Å²) in [6.07, 6.45) is 0.1000. The monoisotopic (exact) mass is 335 g/mol. The Bertz CT molecular complexity index is 1250. The molecular weight excluding hydrogens is 308 g/mol. The van der Waals surface area contributed by atoms with Crippen molar-refractivity contribution in [3.8, 4) is 11.3 Å². The zero-order valence-electron chi connectivity index (χ0n) is 19.4. The maximum absolute atomic E-state index is 8.53. The highest BCUT2D eigenvalue weighted by Gasteiger charge is 2.13. The van der Waals surface area contributed by atoms with Gasteiger partial charge in [-0.3, -0.25) is 4.98 Å². The summed E-state index contributed by atoms with van der Waals surface area (Å²) in [5.41, 5.74) is 2.35. The van der Waals surface area contributed by atoms with Crippen molar-refractivity contribution in [2.24, 2.45) is 5.41 Å². The van der Waals surface area contributed by atoms with Gasteiger partial charge in [0.1, 0.15) is 5.58 Å². The van der Waals surface area contributed by atoms with E-state index in [1.807, 2.05) is 32.9 Å². The maximum Gasteiger partial charge on any atom is 0.227 e. The van der Waals surface area contributed by atoms with Gasteiger partial charge in [0.2, 0.25) is 5.71 Å². The molecule has 0 saturated carbocycles. The Labute approximate surface area is 154 Å². The molecule has 0 aliphatic rings. The lowest BCUT2D eigenvalue weighted by Crippen LogP contribution is -2.09. The summed E-state index contributed by atoms with van der Waals surface area (Å²) in [7, 11) is 0. The third-order valence-electron chi connectivity index (χ3n) is 3.91. The first kappa shape index (κ1) is 11.0. The van der Waals surface area contributed by atoms with E-state index < -0.39 is 18.6 Å². The van der Waals surface area contributed by atoms with Crippen LogP contribution in [0.25, 0.3) is 33.3 Å². The highest BCUT2D eigenvalue weighted by Crippen LogP contribution is 2.32. The summed E-state index contributed by atoms with van der Waals surface area (Å²) in [5, 5.41) is 1.53. The predicted octanol–water partition coefficient (Wildman–Crippen LogP) is 5.94. The van der Waals surface area contributed by atoms with Crippen molar-refractivity contribution in [3.05, 3.63) is 59.9 Å². The van der Waals surface area contributed by atoms with Crippen molar-refractivity contribution in [1.29, 1.82) is 0 Å². The van der Waals surface area contributed by atoms with Crippen LogP contribution >= 0.6 is 0 Å². The Morgan fingerprint density at radius 1 is 1.08 bits per heavy atom. The highest BCUT2D eigenvalue weighted by molar-refractivity contribution is 6.04. The van der Waals surface area contributed by atoms with Crippen molar-refractivity contribution in [2.75, 3.05) is 0 Å². The van der Waals surface area contributed by atoms with Gasteiger partial charge < -0.3 is 4.42 Å². The smallest absolute Gasteiger partial charge is 0.227 e. The molecule has 0 N–H and O–H groups in total. The van der Waals surface area contributed by atoms with Crippen LogP contribution < -0.4 is 0 Å². The molecule has 3 heterocycles. The number of rotatable bonds is 2. The third-order valence-corrected chi connectivity index (χ3v) is 3.91. The van der Waals surface area contributed by atoms with Crippen LogP contribution in [-0.2, 0) is 6.37 Å². The molecule has 126 valence electrons. The van der Waals surface area contributed by atoms with E-state index in [1.165, 1.54) is 6.07 Å². The van der Waals surface area contributed by atoms with Gasteiger partial charge in [-0.25, -0.2) is 4.98 Å². The van der Waals surface area contributed by atoms with Gasteiger partial charge in [0.05, 0.1) is 5.69 Å². The third kappa shape index (κ3) is 3.14. The predicted molar refractivity (Wildman–Crippen MR) is 103 cm³/mol. The van der Waals surface area contributed by atoms with Gasteiger partial charge in [-0.15, -0.1) is 0 Å². The second kappa shape index (κ2) is 5.69. The van der Waals surface area contributed by atoms with Gasteiger partial charge in [-0.2, -0.15) is 0 Å². The first-order valence-corrected chi connectivity index (χ1v) is 8.19. The van der Waals surface area contributed by atoms with Crippen molar-refractivity contribution >= 4 is 22.1 Å². The molecule has 0 atom stereocenters. The molecule has 0 aliphatic carbocycles. The quantitative estimate of drug-likeness (QED) is 0.455. The van der Waals surface area contributed by atoms with Crippen LogP contribution in [0.3, 0.4) is 0 Å². The average molecular weight is 335 g/mol. The first-order valence-electron chi connectivity index (χ1n) is 10.7. The fraction of sp³-hybridized carbons (Fsp3) is 0.273. The Morgan fingerprint density at radius 2 is 1.96 bits per heavy atom. The second-order valence-electron chi connectivity index (χ2n) is 7.17. The van der Waals surface area contributed by atoms with Crippen LogP contribution in [0.5, 0.6) is 0 Å². The number of fused-ring (bicyclic) bond motifs is 3. The van der Waals surface area contributed by atoms with E-state index in [4.69, 9.17) is 11.3 Å². The Morgan fingerprint density at radius 3 is 2.76 bits per heavy atom. The van der Waals surface area contributed by atoms with Crippen LogP contribution in [0.2, 0.25) is 0 Å². The first-order chi connectivity index (χ1) is 13.9. The van der Waals surface area contributed by atoms with E-state index in [2.05, 4.69) is 9.97 Å². The largest absolute Gasteiger partial charge is 0.438 e. The van der Waals surface area contributed by atoms with E-state index in [-0.39, 0.29) is 11.4 Å². The number of furan rings is 1. The van der Waals surface area contributed by atoms with E-state index in [0.717, 1.165) is 16.3 Å². The number of hydrogen-bond donors (Lipinski definition) is 0. The number of aromatic nitrogens is 2. The van der Waals surface area contributed by atoms with Gasteiger partial charge in [0.25, 0.3) is 0 Å². The average Bonchev–Trinajstić information content (AvgIpc) is 3.03. The van der Waals surface area contributed by atoms with Gasteiger partial charge in [-0.05, 0) is 66.7 Å². The summed E-state index contributed by atoms with van der Waals surface area (Å²) in [6.45, 7) is 3.32. The lowest BCUT2D eigenvalue weighted by atomic mass is 9.88. The molecule has 3 heteroatoms. The van der Waals surface area contributed by atoms with Crippen molar-refractivity contribution in [2.45, 2.75) is 34.0 Å². The summed E-state index contributed by atoms with van der Waals surface area (Å²) in [6, 6.07) is 12.3. The topological polar surface area (TPSA) is 38.9 Å². The Hall–Kier alpha value is -2.68. The molecular formula is C22H22N2O. The number of benzene rings is 1. The van der Waals surface area contributed by atoms with Gasteiger partial charge in [0, 0.05) is 35.1 Å². The lowest BCUT2D eigenvalue weighted by Gasteiger charge is -2.18. The number of pyridine rings is 2. The summed E-state index contributed by atoms with van der Waals surface area (Å²) < 4.78 is 45.4. The zero-order valence-corrected chi connectivity index (χ0v) is 14.4. The van der Waals surface area contributed by atoms with Gasteiger partial charge >= 0.3 is 0 Å². The molecule has 0 amide bonds. The minimum Gasteiger partial charge on any atom is -0.438 e. The van der Waals surface area contributed by atoms with E-state index in [9.17, 15) is 0 Å². The molecule has 25 heavy (non-hydrogen) atoms. The molecule has 0 saturated heterocycles. The zero-order chi connectivity index (χ0) is 21.9. The molecule has 0 aliphatic heterocycles. The van der Waals surface area contributed by atoms with Crippen LogP contribution in [0.1, 0.15) is 38.9 Å². The summed E-state index contributed by atoms with van der Waals surface area (Å²) >= 11 is 0. The normalized spacial score (nSPS) is 16.2. The van der Waals surface area contributed by atoms with E-state index in [1.54, 1.807) is 30.5 Å². The van der Waals surface area contributed by atoms with E-state index >= 15 is 0 Å². The van der Waals surface area contributed by atoms with Crippen LogP contribution in [-0.4, -0.2) is 9.97 Å². The molecule has 1 aromatic carbocycles. The minimum atomic E-state index is -2.30.